The second-order valence-corrected chi connectivity index (χ2v) is 5.12. The lowest BCUT2D eigenvalue weighted by molar-refractivity contribution is -0.129. The number of aromatic nitrogens is 1. The van der Waals surface area contributed by atoms with E-state index in [4.69, 9.17) is 0 Å². The Kier molecular flexibility index (Phi) is 3.84. The van der Waals surface area contributed by atoms with Crippen LogP contribution >= 0.6 is 0 Å². The molecule has 1 amide bonds. The Morgan fingerprint density at radius 1 is 1.39 bits per heavy atom. The lowest BCUT2D eigenvalue weighted by Crippen LogP contribution is -2.36. The maximum absolute atomic E-state index is 11.3. The van der Waals surface area contributed by atoms with E-state index in [1.54, 1.807) is 6.92 Å². The number of hydrogen-bond donors (Lipinski definition) is 0. The SMILES string of the molecule is CC(=O)N1CCC(c2ccnc(N(C)C)c2)CC1. The first kappa shape index (κ1) is 12.9. The van der Waals surface area contributed by atoms with Gasteiger partial charge >= 0.3 is 0 Å². The molecule has 0 saturated carbocycles. The molecule has 0 radical (unpaired) electrons. The van der Waals surface area contributed by atoms with Crippen LogP contribution in [0.1, 0.15) is 31.2 Å². The molecule has 2 heterocycles. The Labute approximate surface area is 109 Å². The highest BCUT2D eigenvalue weighted by atomic mass is 16.2. The van der Waals surface area contributed by atoms with Crippen molar-refractivity contribution in [3.05, 3.63) is 23.9 Å². The monoisotopic (exact) mass is 247 g/mol. The summed E-state index contributed by atoms with van der Waals surface area (Å²) in [5.74, 6) is 1.75. The summed E-state index contributed by atoms with van der Waals surface area (Å²) in [6.45, 7) is 3.40. The quantitative estimate of drug-likeness (QED) is 0.800. The van der Waals surface area contributed by atoms with Crippen molar-refractivity contribution in [2.45, 2.75) is 25.7 Å². The molecule has 1 saturated heterocycles. The van der Waals surface area contributed by atoms with Gasteiger partial charge in [-0.15, -0.1) is 0 Å². The molecule has 1 fully saturated rings. The number of anilines is 1. The summed E-state index contributed by atoms with van der Waals surface area (Å²) in [5, 5.41) is 0. The number of nitrogens with zero attached hydrogens (tertiary/aromatic N) is 3. The maximum atomic E-state index is 11.3. The van der Waals surface area contributed by atoms with Gasteiger partial charge in [-0.25, -0.2) is 4.98 Å². The van der Waals surface area contributed by atoms with Crippen molar-refractivity contribution in [3.63, 3.8) is 0 Å². The van der Waals surface area contributed by atoms with E-state index in [0.29, 0.717) is 5.92 Å². The van der Waals surface area contributed by atoms with Crippen LogP contribution in [-0.2, 0) is 4.79 Å². The molecule has 0 spiro atoms. The molecule has 1 aliphatic rings. The molecule has 0 unspecified atom stereocenters. The van der Waals surface area contributed by atoms with Crippen molar-refractivity contribution >= 4 is 11.7 Å². The normalized spacial score (nSPS) is 16.7. The van der Waals surface area contributed by atoms with Gasteiger partial charge in [0.2, 0.25) is 5.91 Å². The molecule has 18 heavy (non-hydrogen) atoms. The van der Waals surface area contributed by atoms with E-state index in [0.717, 1.165) is 31.7 Å². The van der Waals surface area contributed by atoms with Crippen LogP contribution < -0.4 is 4.90 Å². The third-order valence-electron chi connectivity index (χ3n) is 3.64. The molecule has 0 aliphatic carbocycles. The molecule has 4 heteroatoms. The van der Waals surface area contributed by atoms with E-state index in [1.807, 2.05) is 30.1 Å². The highest BCUT2D eigenvalue weighted by molar-refractivity contribution is 5.73. The van der Waals surface area contributed by atoms with Gasteiger partial charge in [0, 0.05) is 40.3 Å². The molecule has 1 aromatic heterocycles. The molecule has 0 bridgehead atoms. The van der Waals surface area contributed by atoms with E-state index in [9.17, 15) is 4.79 Å². The zero-order valence-electron chi connectivity index (χ0n) is 11.4. The van der Waals surface area contributed by atoms with Crippen LogP contribution in [-0.4, -0.2) is 43.0 Å². The molecule has 0 atom stereocenters. The first-order valence-corrected chi connectivity index (χ1v) is 6.46. The maximum Gasteiger partial charge on any atom is 0.219 e. The summed E-state index contributed by atoms with van der Waals surface area (Å²) < 4.78 is 0. The van der Waals surface area contributed by atoms with E-state index in [1.165, 1.54) is 5.56 Å². The Bertz CT molecular complexity index is 423. The van der Waals surface area contributed by atoms with Crippen molar-refractivity contribution in [2.24, 2.45) is 0 Å². The molecule has 4 nitrogen and oxygen atoms in total. The molecular weight excluding hydrogens is 226 g/mol. The summed E-state index contributed by atoms with van der Waals surface area (Å²) in [4.78, 5) is 19.6. The summed E-state index contributed by atoms with van der Waals surface area (Å²) in [6.07, 6.45) is 3.98. The van der Waals surface area contributed by atoms with Gasteiger partial charge in [-0.3, -0.25) is 4.79 Å². The second kappa shape index (κ2) is 5.38. The standard InChI is InChI=1S/C14H21N3O/c1-11(18)17-8-5-12(6-9-17)13-4-7-15-14(10-13)16(2)3/h4,7,10,12H,5-6,8-9H2,1-3H3. The van der Waals surface area contributed by atoms with Gasteiger partial charge in [0.1, 0.15) is 5.82 Å². The average Bonchev–Trinajstić information content (AvgIpc) is 2.39. The predicted octanol–water partition coefficient (Wildman–Crippen LogP) is 1.87. The van der Waals surface area contributed by atoms with Crippen molar-refractivity contribution in [3.8, 4) is 0 Å². The van der Waals surface area contributed by atoms with Gasteiger partial charge < -0.3 is 9.80 Å². The summed E-state index contributed by atoms with van der Waals surface area (Å²) >= 11 is 0. The molecule has 1 aromatic rings. The fourth-order valence-corrected chi connectivity index (χ4v) is 2.46. The predicted molar refractivity (Wildman–Crippen MR) is 72.8 cm³/mol. The van der Waals surface area contributed by atoms with Crippen LogP contribution in [0.3, 0.4) is 0 Å². The molecular formula is C14H21N3O. The number of carbonyl (C=O) groups excluding carboxylic acids is 1. The average molecular weight is 247 g/mol. The van der Waals surface area contributed by atoms with Gasteiger partial charge in [-0.05, 0) is 36.5 Å². The number of likely N-dealkylation sites (tertiary alicyclic amines) is 1. The highest BCUT2D eigenvalue weighted by Crippen LogP contribution is 2.29. The van der Waals surface area contributed by atoms with Gasteiger partial charge in [0.05, 0.1) is 0 Å². The van der Waals surface area contributed by atoms with Crippen molar-refractivity contribution in [2.75, 3.05) is 32.1 Å². The molecule has 2 rings (SSSR count). The number of piperidine rings is 1. The summed E-state index contributed by atoms with van der Waals surface area (Å²) in [5.41, 5.74) is 1.34. The van der Waals surface area contributed by atoms with Crippen LogP contribution in [0.15, 0.2) is 18.3 Å². The molecule has 0 N–H and O–H groups in total. The van der Waals surface area contributed by atoms with Gasteiger partial charge in [0.15, 0.2) is 0 Å². The van der Waals surface area contributed by atoms with E-state index >= 15 is 0 Å². The van der Waals surface area contributed by atoms with Crippen molar-refractivity contribution < 1.29 is 4.79 Å². The highest BCUT2D eigenvalue weighted by Gasteiger charge is 2.22. The fraction of sp³-hybridized carbons (Fsp3) is 0.571. The largest absolute Gasteiger partial charge is 0.363 e. The Morgan fingerprint density at radius 3 is 2.61 bits per heavy atom. The van der Waals surface area contributed by atoms with Gasteiger partial charge in [-0.2, -0.15) is 0 Å². The number of amides is 1. The number of pyridine rings is 1. The lowest BCUT2D eigenvalue weighted by atomic mass is 9.90. The minimum atomic E-state index is 0.192. The molecule has 0 aromatic carbocycles. The fourth-order valence-electron chi connectivity index (χ4n) is 2.46. The molecule has 1 aliphatic heterocycles. The number of rotatable bonds is 2. The summed E-state index contributed by atoms with van der Waals surface area (Å²) in [7, 11) is 4.01. The van der Waals surface area contributed by atoms with E-state index < -0.39 is 0 Å². The topological polar surface area (TPSA) is 36.4 Å². The van der Waals surface area contributed by atoms with Crippen LogP contribution in [0.4, 0.5) is 5.82 Å². The molecule has 98 valence electrons. The first-order chi connectivity index (χ1) is 8.58. The Hall–Kier alpha value is -1.58. The third kappa shape index (κ3) is 2.81. The van der Waals surface area contributed by atoms with Gasteiger partial charge in [-0.1, -0.05) is 0 Å². The Morgan fingerprint density at radius 2 is 2.06 bits per heavy atom. The third-order valence-corrected chi connectivity index (χ3v) is 3.64. The zero-order valence-corrected chi connectivity index (χ0v) is 11.4. The lowest BCUT2D eigenvalue weighted by Gasteiger charge is -2.31. The first-order valence-electron chi connectivity index (χ1n) is 6.46. The second-order valence-electron chi connectivity index (χ2n) is 5.12. The minimum Gasteiger partial charge on any atom is -0.363 e. The van der Waals surface area contributed by atoms with Crippen LogP contribution in [0, 0.1) is 0 Å². The van der Waals surface area contributed by atoms with E-state index in [2.05, 4.69) is 17.1 Å². The van der Waals surface area contributed by atoms with E-state index in [-0.39, 0.29) is 5.91 Å². The number of carbonyl (C=O) groups is 1. The van der Waals surface area contributed by atoms with Crippen molar-refractivity contribution in [1.82, 2.24) is 9.88 Å². The zero-order chi connectivity index (χ0) is 13.1. The van der Waals surface area contributed by atoms with Crippen LogP contribution in [0.2, 0.25) is 0 Å². The number of hydrogen-bond acceptors (Lipinski definition) is 3. The van der Waals surface area contributed by atoms with Crippen molar-refractivity contribution in [1.29, 1.82) is 0 Å². The van der Waals surface area contributed by atoms with Crippen LogP contribution in [0.5, 0.6) is 0 Å². The van der Waals surface area contributed by atoms with Crippen LogP contribution in [0.25, 0.3) is 0 Å². The summed E-state index contributed by atoms with van der Waals surface area (Å²) in [6, 6.07) is 4.26. The Balaban J connectivity index is 2.05. The smallest absolute Gasteiger partial charge is 0.219 e. The minimum absolute atomic E-state index is 0.192. The van der Waals surface area contributed by atoms with Gasteiger partial charge in [0.25, 0.3) is 0 Å².